The van der Waals surface area contributed by atoms with Gasteiger partial charge in [0.2, 0.25) is 10.0 Å². The van der Waals surface area contributed by atoms with E-state index >= 15 is 0 Å². The predicted octanol–water partition coefficient (Wildman–Crippen LogP) is 3.77. The van der Waals surface area contributed by atoms with Gasteiger partial charge in [0.05, 0.1) is 4.90 Å². The van der Waals surface area contributed by atoms with E-state index in [0.717, 1.165) is 43.3 Å². The van der Waals surface area contributed by atoms with Gasteiger partial charge in [-0.15, -0.1) is 24.0 Å². The van der Waals surface area contributed by atoms with E-state index in [1.807, 2.05) is 24.3 Å². The van der Waals surface area contributed by atoms with Crippen LogP contribution in [-0.4, -0.2) is 51.9 Å². The zero-order valence-electron chi connectivity index (χ0n) is 17.6. The van der Waals surface area contributed by atoms with E-state index in [2.05, 4.69) is 21.7 Å². The summed E-state index contributed by atoms with van der Waals surface area (Å²) in [6.45, 7) is 2.62. The summed E-state index contributed by atoms with van der Waals surface area (Å²) >= 11 is 6.02. The molecule has 9 heteroatoms. The van der Waals surface area contributed by atoms with Crippen molar-refractivity contribution in [2.45, 2.75) is 24.2 Å². The topological polar surface area (TPSA) is 73.8 Å². The van der Waals surface area contributed by atoms with Crippen molar-refractivity contribution in [3.05, 3.63) is 65.2 Å². The zero-order chi connectivity index (χ0) is 21.4. The summed E-state index contributed by atoms with van der Waals surface area (Å²) in [5.74, 6) is 1.18. The van der Waals surface area contributed by atoms with E-state index in [1.54, 1.807) is 35.6 Å². The lowest BCUT2D eigenvalue weighted by molar-refractivity contribution is 0.273. The lowest BCUT2D eigenvalue weighted by atomic mass is 9.98. The molecule has 0 spiro atoms. The number of halogens is 2. The average Bonchev–Trinajstić information content (AvgIpc) is 2.77. The van der Waals surface area contributed by atoms with Gasteiger partial charge in [-0.1, -0.05) is 41.9 Å². The van der Waals surface area contributed by atoms with E-state index in [9.17, 15) is 8.42 Å². The van der Waals surface area contributed by atoms with Gasteiger partial charge in [-0.05, 0) is 55.0 Å². The molecule has 0 unspecified atom stereocenters. The third kappa shape index (κ3) is 7.62. The molecule has 0 bridgehead atoms. The standard InChI is InChI=1S/C22H29ClN4O2S.HI/c1-24-22(25-13-10-18-6-5-7-20(23)16-18)26-17-19-11-14-27(15-12-19)30(28,29)21-8-3-2-4-9-21;/h2-9,16,19H,10-15,17H2,1H3,(H2,24,25,26);1H. The van der Waals surface area contributed by atoms with Gasteiger partial charge in [-0.25, -0.2) is 8.42 Å². The molecule has 0 aromatic heterocycles. The Morgan fingerprint density at radius 1 is 1.10 bits per heavy atom. The van der Waals surface area contributed by atoms with Crippen LogP contribution in [0.4, 0.5) is 0 Å². The fourth-order valence-electron chi connectivity index (χ4n) is 3.57. The van der Waals surface area contributed by atoms with Gasteiger partial charge in [0.1, 0.15) is 0 Å². The minimum absolute atomic E-state index is 0. The maximum atomic E-state index is 12.7. The van der Waals surface area contributed by atoms with Gasteiger partial charge in [0.15, 0.2) is 5.96 Å². The second-order valence-corrected chi connectivity index (χ2v) is 9.79. The molecule has 1 aliphatic rings. The highest BCUT2D eigenvalue weighted by Crippen LogP contribution is 2.23. The van der Waals surface area contributed by atoms with Gasteiger partial charge in [0, 0.05) is 38.2 Å². The van der Waals surface area contributed by atoms with Gasteiger partial charge >= 0.3 is 0 Å². The molecular weight excluding hydrogens is 547 g/mol. The fraction of sp³-hybridized carbons (Fsp3) is 0.409. The highest BCUT2D eigenvalue weighted by molar-refractivity contribution is 14.0. The number of sulfonamides is 1. The Balaban J connectivity index is 0.00000341. The number of guanidine groups is 1. The smallest absolute Gasteiger partial charge is 0.243 e. The lowest BCUT2D eigenvalue weighted by Crippen LogP contribution is -2.44. The number of benzene rings is 2. The second kappa shape index (κ2) is 12.6. The molecule has 0 amide bonds. The number of aliphatic imine (C=N–C) groups is 1. The Bertz CT molecular complexity index is 949. The van der Waals surface area contributed by atoms with E-state index in [-0.39, 0.29) is 24.0 Å². The molecule has 2 aromatic rings. The van der Waals surface area contributed by atoms with E-state index < -0.39 is 10.0 Å². The summed E-state index contributed by atoms with van der Waals surface area (Å²) in [7, 11) is -1.64. The number of nitrogens with zero attached hydrogens (tertiary/aromatic N) is 2. The number of rotatable bonds is 7. The molecule has 0 atom stereocenters. The maximum Gasteiger partial charge on any atom is 0.243 e. The third-order valence-corrected chi connectivity index (χ3v) is 7.48. The van der Waals surface area contributed by atoms with Crippen molar-refractivity contribution in [3.63, 3.8) is 0 Å². The molecule has 2 N–H and O–H groups in total. The first-order valence-electron chi connectivity index (χ1n) is 10.2. The SMILES string of the molecule is CN=C(NCCc1cccc(Cl)c1)NCC1CCN(S(=O)(=O)c2ccccc2)CC1.I. The highest BCUT2D eigenvalue weighted by Gasteiger charge is 2.29. The van der Waals surface area contributed by atoms with Crippen LogP contribution in [0.2, 0.25) is 5.02 Å². The lowest BCUT2D eigenvalue weighted by Gasteiger charge is -2.31. The largest absolute Gasteiger partial charge is 0.356 e. The van der Waals surface area contributed by atoms with E-state index in [0.29, 0.717) is 23.9 Å². The predicted molar refractivity (Wildman–Crippen MR) is 138 cm³/mol. The quantitative estimate of drug-likeness (QED) is 0.299. The first-order valence-corrected chi connectivity index (χ1v) is 12.0. The first kappa shape index (κ1) is 25.9. The molecular formula is C22H30ClIN4O2S. The molecule has 6 nitrogen and oxygen atoms in total. The highest BCUT2D eigenvalue weighted by atomic mass is 127. The molecule has 1 fully saturated rings. The number of hydrogen-bond donors (Lipinski definition) is 2. The van der Waals surface area contributed by atoms with Crippen molar-refractivity contribution in [1.29, 1.82) is 0 Å². The van der Waals surface area contributed by atoms with E-state index in [4.69, 9.17) is 11.6 Å². The van der Waals surface area contributed by atoms with Crippen LogP contribution in [0.15, 0.2) is 64.5 Å². The molecule has 170 valence electrons. The monoisotopic (exact) mass is 576 g/mol. The van der Waals surface area contributed by atoms with Crippen LogP contribution in [-0.2, 0) is 16.4 Å². The van der Waals surface area contributed by atoms with Crippen molar-refractivity contribution in [3.8, 4) is 0 Å². The molecule has 1 saturated heterocycles. The van der Waals surface area contributed by atoms with E-state index in [1.165, 1.54) is 5.56 Å². The van der Waals surface area contributed by atoms with Gasteiger partial charge in [-0.3, -0.25) is 4.99 Å². The third-order valence-electron chi connectivity index (χ3n) is 5.33. The Morgan fingerprint density at radius 3 is 2.45 bits per heavy atom. The Kier molecular flexibility index (Phi) is 10.5. The van der Waals surface area contributed by atoms with Crippen LogP contribution >= 0.6 is 35.6 Å². The number of piperidine rings is 1. The average molecular weight is 577 g/mol. The molecule has 0 saturated carbocycles. The van der Waals surface area contributed by atoms with Gasteiger partial charge in [-0.2, -0.15) is 4.31 Å². The zero-order valence-corrected chi connectivity index (χ0v) is 21.5. The summed E-state index contributed by atoms with van der Waals surface area (Å²) in [6, 6.07) is 16.5. The number of nitrogens with one attached hydrogen (secondary N) is 2. The molecule has 0 radical (unpaired) electrons. The van der Waals surface area contributed by atoms with Crippen LogP contribution in [0.3, 0.4) is 0 Å². The molecule has 3 rings (SSSR count). The van der Waals surface area contributed by atoms with Crippen molar-refractivity contribution < 1.29 is 8.42 Å². The summed E-state index contributed by atoms with van der Waals surface area (Å²) in [4.78, 5) is 4.64. The van der Waals surface area contributed by atoms with Crippen LogP contribution in [0.5, 0.6) is 0 Å². The van der Waals surface area contributed by atoms with Crippen LogP contribution < -0.4 is 10.6 Å². The molecule has 0 aliphatic carbocycles. The van der Waals surface area contributed by atoms with Crippen LogP contribution in [0, 0.1) is 5.92 Å². The Labute approximate surface area is 207 Å². The molecule has 1 aliphatic heterocycles. The van der Waals surface area contributed by atoms with Crippen LogP contribution in [0.1, 0.15) is 18.4 Å². The molecule has 2 aromatic carbocycles. The minimum Gasteiger partial charge on any atom is -0.356 e. The number of hydrogen-bond acceptors (Lipinski definition) is 3. The Hall–Kier alpha value is -1.36. The minimum atomic E-state index is -3.40. The van der Waals surface area contributed by atoms with Gasteiger partial charge < -0.3 is 10.6 Å². The normalized spacial score (nSPS) is 15.9. The van der Waals surface area contributed by atoms with Crippen molar-refractivity contribution in [1.82, 2.24) is 14.9 Å². The maximum absolute atomic E-state index is 12.7. The first-order chi connectivity index (χ1) is 14.5. The Morgan fingerprint density at radius 2 is 1.81 bits per heavy atom. The summed E-state index contributed by atoms with van der Waals surface area (Å²) in [5, 5.41) is 7.43. The van der Waals surface area contributed by atoms with Crippen molar-refractivity contribution >= 4 is 51.6 Å². The van der Waals surface area contributed by atoms with Crippen molar-refractivity contribution in [2.24, 2.45) is 10.9 Å². The molecule has 1 heterocycles. The summed E-state index contributed by atoms with van der Waals surface area (Å²) in [5.41, 5.74) is 1.18. The van der Waals surface area contributed by atoms with Crippen molar-refractivity contribution in [2.75, 3.05) is 33.2 Å². The second-order valence-electron chi connectivity index (χ2n) is 7.42. The van der Waals surface area contributed by atoms with Crippen LogP contribution in [0.25, 0.3) is 0 Å². The van der Waals surface area contributed by atoms with Gasteiger partial charge in [0.25, 0.3) is 0 Å². The summed E-state index contributed by atoms with van der Waals surface area (Å²) < 4.78 is 27.1. The molecule has 31 heavy (non-hydrogen) atoms. The fourth-order valence-corrected chi connectivity index (χ4v) is 5.28. The summed E-state index contributed by atoms with van der Waals surface area (Å²) in [6.07, 6.45) is 2.52.